The van der Waals surface area contributed by atoms with Crippen LogP contribution in [0.15, 0.2) is 24.3 Å². The summed E-state index contributed by atoms with van der Waals surface area (Å²) in [6.45, 7) is 2.49. The number of carbonyl (C=O) groups excluding carboxylic acids is 1. The van der Waals surface area contributed by atoms with Gasteiger partial charge in [0.05, 0.1) is 11.6 Å². The molecule has 1 aromatic carbocycles. The zero-order chi connectivity index (χ0) is 12.3. The average molecular weight is 228 g/mol. The van der Waals surface area contributed by atoms with Crippen LogP contribution in [0.25, 0.3) is 0 Å². The fraction of sp³-hybridized carbons (Fsp3) is 0.429. The van der Waals surface area contributed by atoms with E-state index in [0.29, 0.717) is 18.0 Å². The highest BCUT2D eigenvalue weighted by Gasteiger charge is 2.32. The van der Waals surface area contributed by atoms with Gasteiger partial charge in [-0.15, -0.1) is 0 Å². The van der Waals surface area contributed by atoms with Gasteiger partial charge in [-0.05, 0) is 36.5 Å². The van der Waals surface area contributed by atoms with Crippen molar-refractivity contribution < 1.29 is 4.79 Å². The van der Waals surface area contributed by atoms with Crippen molar-refractivity contribution in [2.45, 2.75) is 26.3 Å². The van der Waals surface area contributed by atoms with Crippen LogP contribution in [0.3, 0.4) is 0 Å². The predicted octanol–water partition coefficient (Wildman–Crippen LogP) is 2.22. The van der Waals surface area contributed by atoms with Crippen molar-refractivity contribution in [2.24, 2.45) is 11.8 Å². The lowest BCUT2D eigenvalue weighted by atomic mass is 10.1. The van der Waals surface area contributed by atoms with Crippen LogP contribution in [-0.4, -0.2) is 5.91 Å². The van der Waals surface area contributed by atoms with Crippen LogP contribution in [0.2, 0.25) is 0 Å². The monoisotopic (exact) mass is 228 g/mol. The number of carbonyl (C=O) groups is 1. The maximum absolute atomic E-state index is 11.8. The highest BCUT2D eigenvalue weighted by atomic mass is 16.1. The summed E-state index contributed by atoms with van der Waals surface area (Å²) >= 11 is 0. The molecule has 1 fully saturated rings. The Hall–Kier alpha value is -1.82. The molecule has 0 radical (unpaired) electrons. The van der Waals surface area contributed by atoms with Gasteiger partial charge in [-0.25, -0.2) is 0 Å². The lowest BCUT2D eigenvalue weighted by molar-refractivity contribution is -0.125. The molecule has 0 bridgehead atoms. The van der Waals surface area contributed by atoms with Gasteiger partial charge in [-0.3, -0.25) is 4.79 Å². The van der Waals surface area contributed by atoms with Gasteiger partial charge in [-0.1, -0.05) is 19.1 Å². The molecule has 0 heterocycles. The first-order chi connectivity index (χ1) is 8.20. The molecule has 3 heteroatoms. The molecule has 1 unspecified atom stereocenters. The zero-order valence-corrected chi connectivity index (χ0v) is 9.94. The molecule has 1 aliphatic rings. The van der Waals surface area contributed by atoms with E-state index in [2.05, 4.69) is 11.4 Å². The quantitative estimate of drug-likeness (QED) is 0.859. The lowest BCUT2D eigenvalue weighted by Crippen LogP contribution is -2.29. The first kappa shape index (κ1) is 11.7. The molecule has 1 saturated carbocycles. The molecule has 0 aliphatic heterocycles. The van der Waals surface area contributed by atoms with E-state index in [1.807, 2.05) is 25.1 Å². The van der Waals surface area contributed by atoms with Crippen molar-refractivity contribution in [2.75, 3.05) is 0 Å². The predicted molar refractivity (Wildman–Crippen MR) is 64.9 cm³/mol. The van der Waals surface area contributed by atoms with Crippen LogP contribution in [0, 0.1) is 23.2 Å². The summed E-state index contributed by atoms with van der Waals surface area (Å²) in [5.74, 6) is 0.824. The molecule has 17 heavy (non-hydrogen) atoms. The number of rotatable bonds is 4. The average Bonchev–Trinajstić information content (AvgIpc) is 3.19. The van der Waals surface area contributed by atoms with Crippen molar-refractivity contribution in [1.82, 2.24) is 5.32 Å². The first-order valence-corrected chi connectivity index (χ1v) is 5.97. The molecule has 1 aliphatic carbocycles. The Kier molecular flexibility index (Phi) is 3.43. The Morgan fingerprint density at radius 2 is 2.35 bits per heavy atom. The Morgan fingerprint density at radius 1 is 1.59 bits per heavy atom. The highest BCUT2D eigenvalue weighted by Crippen LogP contribution is 2.36. The van der Waals surface area contributed by atoms with Crippen molar-refractivity contribution in [3.63, 3.8) is 0 Å². The van der Waals surface area contributed by atoms with Crippen LogP contribution < -0.4 is 5.32 Å². The standard InChI is InChI=1S/C14H16N2O/c1-10(13-5-6-13)14(17)16-9-12-4-2-3-11(7-12)8-15/h2-4,7,10,13H,5-6,9H2,1H3,(H,16,17). The molecule has 1 N–H and O–H groups in total. The summed E-state index contributed by atoms with van der Waals surface area (Å²) in [7, 11) is 0. The molecule has 3 nitrogen and oxygen atoms in total. The summed E-state index contributed by atoms with van der Waals surface area (Å²) in [4.78, 5) is 11.8. The molecule has 0 aromatic heterocycles. The van der Waals surface area contributed by atoms with E-state index < -0.39 is 0 Å². The smallest absolute Gasteiger partial charge is 0.223 e. The van der Waals surface area contributed by atoms with Crippen LogP contribution in [-0.2, 0) is 11.3 Å². The van der Waals surface area contributed by atoms with E-state index in [0.717, 1.165) is 5.56 Å². The molecule has 88 valence electrons. The maximum Gasteiger partial charge on any atom is 0.223 e. The molecular formula is C14H16N2O. The Labute approximate surface area is 101 Å². The third kappa shape index (κ3) is 3.07. The van der Waals surface area contributed by atoms with Gasteiger partial charge in [0.2, 0.25) is 5.91 Å². The summed E-state index contributed by atoms with van der Waals surface area (Å²) in [6, 6.07) is 9.42. The second-order valence-electron chi connectivity index (χ2n) is 4.66. The van der Waals surface area contributed by atoms with E-state index >= 15 is 0 Å². The van der Waals surface area contributed by atoms with E-state index in [1.165, 1.54) is 12.8 Å². The molecule has 2 rings (SSSR count). The van der Waals surface area contributed by atoms with Gasteiger partial charge in [-0.2, -0.15) is 5.26 Å². The lowest BCUT2D eigenvalue weighted by Gasteiger charge is -2.11. The third-order valence-corrected chi connectivity index (χ3v) is 3.27. The fourth-order valence-corrected chi connectivity index (χ4v) is 1.91. The van der Waals surface area contributed by atoms with Gasteiger partial charge < -0.3 is 5.32 Å². The van der Waals surface area contributed by atoms with Crippen LogP contribution >= 0.6 is 0 Å². The molecule has 0 saturated heterocycles. The summed E-state index contributed by atoms with van der Waals surface area (Å²) in [5.41, 5.74) is 1.60. The van der Waals surface area contributed by atoms with Gasteiger partial charge in [0.15, 0.2) is 0 Å². The second kappa shape index (κ2) is 5.01. The van der Waals surface area contributed by atoms with Crippen molar-refractivity contribution in [3.05, 3.63) is 35.4 Å². The minimum Gasteiger partial charge on any atom is -0.352 e. The summed E-state index contributed by atoms with van der Waals surface area (Å²) in [6.07, 6.45) is 2.36. The topological polar surface area (TPSA) is 52.9 Å². The number of amides is 1. The largest absolute Gasteiger partial charge is 0.352 e. The minimum atomic E-state index is 0.120. The van der Waals surface area contributed by atoms with E-state index in [1.54, 1.807) is 6.07 Å². The van der Waals surface area contributed by atoms with Gasteiger partial charge in [0, 0.05) is 12.5 Å². The van der Waals surface area contributed by atoms with E-state index in [-0.39, 0.29) is 11.8 Å². The molecule has 1 aromatic rings. The maximum atomic E-state index is 11.8. The minimum absolute atomic E-state index is 0.120. The number of nitrogens with one attached hydrogen (secondary N) is 1. The number of hydrogen-bond donors (Lipinski definition) is 1. The Bertz CT molecular complexity index is 458. The number of hydrogen-bond acceptors (Lipinski definition) is 2. The van der Waals surface area contributed by atoms with Crippen LogP contribution in [0.5, 0.6) is 0 Å². The van der Waals surface area contributed by atoms with Gasteiger partial charge in [0.25, 0.3) is 0 Å². The van der Waals surface area contributed by atoms with Gasteiger partial charge >= 0.3 is 0 Å². The van der Waals surface area contributed by atoms with Crippen molar-refractivity contribution >= 4 is 5.91 Å². The molecule has 1 atom stereocenters. The summed E-state index contributed by atoms with van der Waals surface area (Å²) in [5, 5.41) is 11.7. The first-order valence-electron chi connectivity index (χ1n) is 5.97. The van der Waals surface area contributed by atoms with Crippen LogP contribution in [0.4, 0.5) is 0 Å². The number of nitrogens with zero attached hydrogens (tertiary/aromatic N) is 1. The van der Waals surface area contributed by atoms with Crippen LogP contribution in [0.1, 0.15) is 30.9 Å². The third-order valence-electron chi connectivity index (χ3n) is 3.27. The number of benzene rings is 1. The van der Waals surface area contributed by atoms with Gasteiger partial charge in [0.1, 0.15) is 0 Å². The number of nitriles is 1. The summed E-state index contributed by atoms with van der Waals surface area (Å²) < 4.78 is 0. The SMILES string of the molecule is CC(C(=O)NCc1cccc(C#N)c1)C1CC1. The van der Waals surface area contributed by atoms with E-state index in [4.69, 9.17) is 5.26 Å². The Morgan fingerprint density at radius 3 is 3.00 bits per heavy atom. The molecular weight excluding hydrogens is 212 g/mol. The van der Waals surface area contributed by atoms with E-state index in [9.17, 15) is 4.79 Å². The molecule has 1 amide bonds. The normalized spacial score (nSPS) is 16.0. The highest BCUT2D eigenvalue weighted by molar-refractivity contribution is 5.78. The van der Waals surface area contributed by atoms with Crippen molar-refractivity contribution in [1.29, 1.82) is 5.26 Å². The Balaban J connectivity index is 1.88. The molecule has 0 spiro atoms. The van der Waals surface area contributed by atoms with Crippen molar-refractivity contribution in [3.8, 4) is 6.07 Å². The zero-order valence-electron chi connectivity index (χ0n) is 9.94. The fourth-order valence-electron chi connectivity index (χ4n) is 1.91. The second-order valence-corrected chi connectivity index (χ2v) is 4.66.